The maximum Gasteiger partial charge on any atom is 0.328 e. The molecular formula is C27H20ClF2N3O2. The number of hydrogen-bond donors (Lipinski definition) is 2. The van der Waals surface area contributed by atoms with Crippen LogP contribution in [0.3, 0.4) is 0 Å². The zero-order valence-electron chi connectivity index (χ0n) is 18.4. The summed E-state index contributed by atoms with van der Waals surface area (Å²) in [5.74, 6) is -2.02. The molecule has 0 unspecified atom stereocenters. The maximum absolute atomic E-state index is 14.9. The van der Waals surface area contributed by atoms with Crippen molar-refractivity contribution in [1.29, 1.82) is 0 Å². The number of nitrogens with one attached hydrogen (secondary N) is 1. The minimum absolute atomic E-state index is 0.109. The molecule has 1 fully saturated rings. The lowest BCUT2D eigenvalue weighted by Crippen LogP contribution is -2.16. The molecule has 1 saturated carbocycles. The first kappa shape index (κ1) is 22.9. The van der Waals surface area contributed by atoms with Crippen molar-refractivity contribution in [2.45, 2.75) is 19.3 Å². The monoisotopic (exact) mass is 491 g/mol. The van der Waals surface area contributed by atoms with Gasteiger partial charge in [0, 0.05) is 6.08 Å². The lowest BCUT2D eigenvalue weighted by atomic mass is 9.74. The molecule has 1 aliphatic carbocycles. The Balaban J connectivity index is 1.81. The molecule has 0 spiro atoms. The molecule has 5 nitrogen and oxygen atoms in total. The first-order chi connectivity index (χ1) is 16.9. The third-order valence-corrected chi connectivity index (χ3v) is 6.56. The van der Waals surface area contributed by atoms with E-state index in [1.807, 2.05) is 18.2 Å². The number of halogens is 3. The van der Waals surface area contributed by atoms with E-state index in [4.69, 9.17) is 16.7 Å². The minimum Gasteiger partial charge on any atom is -0.478 e. The fraction of sp³-hybridized carbons (Fsp3) is 0.148. The van der Waals surface area contributed by atoms with Gasteiger partial charge in [-0.05, 0) is 64.8 Å². The van der Waals surface area contributed by atoms with Crippen molar-refractivity contribution in [3.05, 3.63) is 100.0 Å². The number of allylic oxidation sites excluding steroid dienone is 1. The highest BCUT2D eigenvalue weighted by atomic mass is 35.5. The number of aromatic nitrogens is 3. The molecule has 35 heavy (non-hydrogen) atoms. The van der Waals surface area contributed by atoms with Crippen molar-refractivity contribution in [2.24, 2.45) is 5.92 Å². The quantitative estimate of drug-likeness (QED) is 0.292. The summed E-state index contributed by atoms with van der Waals surface area (Å²) >= 11 is 6.50. The predicted molar refractivity (Wildman–Crippen MR) is 132 cm³/mol. The molecular weight excluding hydrogens is 472 g/mol. The van der Waals surface area contributed by atoms with Gasteiger partial charge in [-0.1, -0.05) is 54.4 Å². The number of fused-ring (bicyclic) bond motifs is 1. The molecule has 0 aliphatic heterocycles. The van der Waals surface area contributed by atoms with Crippen molar-refractivity contribution >= 4 is 45.7 Å². The van der Waals surface area contributed by atoms with Gasteiger partial charge >= 0.3 is 5.97 Å². The summed E-state index contributed by atoms with van der Waals surface area (Å²) < 4.78 is 28.8. The van der Waals surface area contributed by atoms with Gasteiger partial charge < -0.3 is 5.11 Å². The van der Waals surface area contributed by atoms with Gasteiger partial charge in [0.2, 0.25) is 5.95 Å². The summed E-state index contributed by atoms with van der Waals surface area (Å²) in [6.07, 6.45) is 6.53. The van der Waals surface area contributed by atoms with Crippen LogP contribution in [0.5, 0.6) is 0 Å². The number of rotatable bonds is 6. The number of carboxylic acids is 1. The normalized spacial score (nSPS) is 14.8. The third kappa shape index (κ3) is 4.47. The Hall–Kier alpha value is -3.84. The lowest BCUT2D eigenvalue weighted by molar-refractivity contribution is -0.131. The molecule has 2 heterocycles. The van der Waals surface area contributed by atoms with Gasteiger partial charge in [-0.3, -0.25) is 10.1 Å². The Morgan fingerprint density at radius 1 is 1.14 bits per heavy atom. The van der Waals surface area contributed by atoms with E-state index in [0.29, 0.717) is 27.7 Å². The molecule has 0 amide bonds. The van der Waals surface area contributed by atoms with Crippen molar-refractivity contribution in [3.8, 4) is 0 Å². The third-order valence-electron chi connectivity index (χ3n) is 6.27. The van der Waals surface area contributed by atoms with Gasteiger partial charge in [0.1, 0.15) is 5.82 Å². The smallest absolute Gasteiger partial charge is 0.328 e. The molecule has 0 bridgehead atoms. The Morgan fingerprint density at radius 2 is 1.91 bits per heavy atom. The van der Waals surface area contributed by atoms with Crippen LogP contribution in [0.4, 0.5) is 8.78 Å². The number of pyridine rings is 1. The van der Waals surface area contributed by atoms with Crippen LogP contribution in [0.25, 0.3) is 28.1 Å². The van der Waals surface area contributed by atoms with E-state index in [0.717, 1.165) is 48.2 Å². The van der Waals surface area contributed by atoms with E-state index >= 15 is 0 Å². The Bertz CT molecular complexity index is 1490. The van der Waals surface area contributed by atoms with Crippen molar-refractivity contribution in [2.75, 3.05) is 0 Å². The van der Waals surface area contributed by atoms with Crippen molar-refractivity contribution in [3.63, 3.8) is 0 Å². The number of carbonyl (C=O) groups is 1. The molecule has 0 atom stereocenters. The fourth-order valence-electron chi connectivity index (χ4n) is 4.45. The van der Waals surface area contributed by atoms with Crippen LogP contribution in [0.1, 0.15) is 41.6 Å². The van der Waals surface area contributed by atoms with Crippen LogP contribution in [0.15, 0.2) is 60.8 Å². The van der Waals surface area contributed by atoms with E-state index in [2.05, 4.69) is 15.2 Å². The minimum atomic E-state index is -1.04. The Morgan fingerprint density at radius 3 is 2.57 bits per heavy atom. The van der Waals surface area contributed by atoms with E-state index in [9.17, 15) is 13.6 Å². The van der Waals surface area contributed by atoms with Crippen LogP contribution in [-0.4, -0.2) is 26.3 Å². The second kappa shape index (κ2) is 9.43. The fourth-order valence-corrected chi connectivity index (χ4v) is 4.70. The number of aliphatic carboxylic acids is 1. The second-order valence-electron chi connectivity index (χ2n) is 8.43. The number of hydrogen-bond acceptors (Lipinski definition) is 3. The van der Waals surface area contributed by atoms with E-state index in [1.54, 1.807) is 24.3 Å². The first-order valence-corrected chi connectivity index (χ1v) is 11.5. The summed E-state index contributed by atoms with van der Waals surface area (Å²) in [5, 5.41) is 15.9. The summed E-state index contributed by atoms with van der Waals surface area (Å²) in [7, 11) is 0. The van der Waals surface area contributed by atoms with E-state index in [-0.39, 0.29) is 10.9 Å². The maximum atomic E-state index is 14.9. The highest BCUT2D eigenvalue weighted by Crippen LogP contribution is 2.47. The van der Waals surface area contributed by atoms with Gasteiger partial charge in [-0.25, -0.2) is 9.18 Å². The second-order valence-corrected chi connectivity index (χ2v) is 8.84. The number of aromatic amines is 1. The highest BCUT2D eigenvalue weighted by Gasteiger charge is 2.30. The molecule has 0 radical (unpaired) electrons. The molecule has 2 aromatic carbocycles. The molecule has 8 heteroatoms. The van der Waals surface area contributed by atoms with Gasteiger partial charge in [0.05, 0.1) is 27.8 Å². The van der Waals surface area contributed by atoms with Crippen LogP contribution in [-0.2, 0) is 4.79 Å². The van der Waals surface area contributed by atoms with E-state index < -0.39 is 17.7 Å². The number of H-pyrrole nitrogens is 1. The zero-order valence-corrected chi connectivity index (χ0v) is 19.2. The lowest BCUT2D eigenvalue weighted by Gasteiger charge is -2.31. The molecule has 176 valence electrons. The largest absolute Gasteiger partial charge is 0.478 e. The highest BCUT2D eigenvalue weighted by molar-refractivity contribution is 6.32. The van der Waals surface area contributed by atoms with Crippen LogP contribution in [0, 0.1) is 17.7 Å². The summed E-state index contributed by atoms with van der Waals surface area (Å²) in [6, 6.07) is 13.9. The van der Waals surface area contributed by atoms with Crippen LogP contribution < -0.4 is 0 Å². The Labute approximate surface area is 204 Å². The number of carboxylic acid groups (broad SMARTS) is 1. The van der Waals surface area contributed by atoms with Gasteiger partial charge in [0.25, 0.3) is 0 Å². The summed E-state index contributed by atoms with van der Waals surface area (Å²) in [6.45, 7) is 0. The molecule has 5 rings (SSSR count). The average molecular weight is 492 g/mol. The van der Waals surface area contributed by atoms with Gasteiger partial charge in [0.15, 0.2) is 0 Å². The molecule has 2 N–H and O–H groups in total. The molecule has 2 aromatic heterocycles. The number of nitrogens with zero attached hydrogens (tertiary/aromatic N) is 2. The topological polar surface area (TPSA) is 78.9 Å². The van der Waals surface area contributed by atoms with Crippen molar-refractivity contribution < 1.29 is 18.7 Å². The average Bonchev–Trinajstić information content (AvgIpc) is 3.18. The van der Waals surface area contributed by atoms with Crippen molar-refractivity contribution in [1.82, 2.24) is 15.2 Å². The van der Waals surface area contributed by atoms with Gasteiger partial charge in [-0.15, -0.1) is 0 Å². The molecule has 4 aromatic rings. The zero-order chi connectivity index (χ0) is 24.5. The van der Waals surface area contributed by atoms with E-state index in [1.165, 1.54) is 12.1 Å². The Kier molecular flexibility index (Phi) is 6.17. The van der Waals surface area contributed by atoms with Gasteiger partial charge in [-0.2, -0.15) is 9.49 Å². The summed E-state index contributed by atoms with van der Waals surface area (Å²) in [5.41, 5.74) is 4.58. The molecule has 1 aliphatic rings. The molecule has 0 saturated heterocycles. The number of benzene rings is 2. The van der Waals surface area contributed by atoms with Crippen LogP contribution >= 0.6 is 11.6 Å². The SMILES string of the molecule is O=C(O)/C=C/c1ccc(/C(=C(\c2ncc(F)cc2Cl)C2CCC2)c2cccc3n[nH]c(F)c23)cc1. The van der Waals surface area contributed by atoms with Crippen LogP contribution in [0.2, 0.25) is 5.02 Å². The summed E-state index contributed by atoms with van der Waals surface area (Å²) in [4.78, 5) is 15.2. The standard InChI is InChI=1S/C27H20ClF2N3O2/c28-20-13-18(29)14-31-26(20)24(16-3-1-4-16)23(17-10-7-15(8-11-17)9-12-22(34)35)19-5-2-6-21-25(19)27(30)33-32-21/h2,5-14,16H,1,3-4H2,(H,32,33)(H,34,35)/b12-9+,24-23+. The first-order valence-electron chi connectivity index (χ1n) is 11.1. The predicted octanol–water partition coefficient (Wildman–Crippen LogP) is 6.75.